The number of nitrogens with zero attached hydrogens (tertiary/aromatic N) is 2. The molecule has 3 rings (SSSR count). The molecule has 0 saturated carbocycles. The zero-order chi connectivity index (χ0) is 18.0. The first kappa shape index (κ1) is 17.5. The smallest absolute Gasteiger partial charge is 0.410 e. The van der Waals surface area contributed by atoms with Crippen molar-refractivity contribution >= 4 is 17.0 Å². The van der Waals surface area contributed by atoms with Crippen LogP contribution in [0.1, 0.15) is 33.6 Å². The first-order valence-corrected chi connectivity index (χ1v) is 8.51. The van der Waals surface area contributed by atoms with Gasteiger partial charge in [0.05, 0.1) is 12.1 Å². The van der Waals surface area contributed by atoms with Gasteiger partial charge in [-0.15, -0.1) is 0 Å². The highest BCUT2D eigenvalue weighted by Crippen LogP contribution is 2.27. The zero-order valence-electron chi connectivity index (χ0n) is 14.8. The lowest BCUT2D eigenvalue weighted by Crippen LogP contribution is -2.46. The van der Waals surface area contributed by atoms with E-state index in [4.69, 9.17) is 9.47 Å². The van der Waals surface area contributed by atoms with Gasteiger partial charge in [-0.05, 0) is 57.9 Å². The molecule has 1 amide bonds. The Morgan fingerprint density at radius 2 is 2.12 bits per heavy atom. The predicted octanol–water partition coefficient (Wildman–Crippen LogP) is 4.15. The van der Waals surface area contributed by atoms with E-state index in [9.17, 15) is 9.18 Å². The molecular formula is C19H23FN2O3. The number of piperidine rings is 1. The molecule has 0 aliphatic carbocycles. The van der Waals surface area contributed by atoms with Gasteiger partial charge in [0.2, 0.25) is 0 Å². The molecule has 0 spiro atoms. The third-order valence-electron chi connectivity index (χ3n) is 3.99. The molecule has 1 fully saturated rings. The van der Waals surface area contributed by atoms with Crippen LogP contribution in [-0.2, 0) is 4.74 Å². The topological polar surface area (TPSA) is 51.7 Å². The molecule has 2 aromatic rings. The Morgan fingerprint density at radius 1 is 1.32 bits per heavy atom. The number of carbonyl (C=O) groups is 1. The van der Waals surface area contributed by atoms with Gasteiger partial charge in [-0.25, -0.2) is 9.18 Å². The molecule has 25 heavy (non-hydrogen) atoms. The summed E-state index contributed by atoms with van der Waals surface area (Å²) in [5.41, 5.74) is 0.155. The molecule has 1 aliphatic heterocycles. The van der Waals surface area contributed by atoms with Crippen molar-refractivity contribution in [3.8, 4) is 5.75 Å². The van der Waals surface area contributed by atoms with Crippen molar-refractivity contribution in [1.29, 1.82) is 0 Å². The van der Waals surface area contributed by atoms with E-state index in [0.717, 1.165) is 12.8 Å². The van der Waals surface area contributed by atoms with Crippen LogP contribution in [-0.4, -0.2) is 40.8 Å². The largest absolute Gasteiger partial charge is 0.488 e. The Labute approximate surface area is 146 Å². The summed E-state index contributed by atoms with van der Waals surface area (Å²) in [6, 6.07) is 6.16. The van der Waals surface area contributed by atoms with Crippen LogP contribution in [0.5, 0.6) is 5.75 Å². The SMILES string of the molecule is CC(C)(C)OC(=O)N1CCC[C@@H](Oc2ccnc3ccc(F)cc23)C1. The summed E-state index contributed by atoms with van der Waals surface area (Å²) in [5.74, 6) is 0.255. The van der Waals surface area contributed by atoms with Gasteiger partial charge in [0.25, 0.3) is 0 Å². The Hall–Kier alpha value is -2.37. The summed E-state index contributed by atoms with van der Waals surface area (Å²) in [6.45, 7) is 6.65. The fourth-order valence-corrected chi connectivity index (χ4v) is 2.90. The molecule has 1 aliphatic rings. The number of amides is 1. The monoisotopic (exact) mass is 346 g/mol. The minimum Gasteiger partial charge on any atom is -0.488 e. The average molecular weight is 346 g/mol. The summed E-state index contributed by atoms with van der Waals surface area (Å²) in [5, 5.41) is 0.636. The number of hydrogen-bond acceptors (Lipinski definition) is 4. The average Bonchev–Trinajstić information content (AvgIpc) is 2.54. The van der Waals surface area contributed by atoms with Crippen LogP contribution in [0.15, 0.2) is 30.5 Å². The van der Waals surface area contributed by atoms with Gasteiger partial charge in [0, 0.05) is 18.1 Å². The van der Waals surface area contributed by atoms with E-state index >= 15 is 0 Å². The number of hydrogen-bond donors (Lipinski definition) is 0. The van der Waals surface area contributed by atoms with E-state index in [-0.39, 0.29) is 18.0 Å². The first-order chi connectivity index (χ1) is 11.8. The zero-order valence-corrected chi connectivity index (χ0v) is 14.8. The standard InChI is InChI=1S/C19H23FN2O3/c1-19(2,3)25-18(23)22-10-4-5-14(12-22)24-17-8-9-21-16-7-6-13(20)11-15(16)17/h6-9,11,14H,4-5,10,12H2,1-3H3/t14-/m1/s1. The third kappa shape index (κ3) is 4.38. The second kappa shape index (κ2) is 6.86. The number of likely N-dealkylation sites (tertiary alicyclic amines) is 1. The van der Waals surface area contributed by atoms with Crippen molar-refractivity contribution in [2.45, 2.75) is 45.3 Å². The maximum absolute atomic E-state index is 13.6. The molecule has 6 heteroatoms. The number of fused-ring (bicyclic) bond motifs is 1. The van der Waals surface area contributed by atoms with Crippen LogP contribution in [0.25, 0.3) is 10.9 Å². The van der Waals surface area contributed by atoms with Crippen LogP contribution in [0.4, 0.5) is 9.18 Å². The third-order valence-corrected chi connectivity index (χ3v) is 3.99. The summed E-state index contributed by atoms with van der Waals surface area (Å²) < 4.78 is 25.1. The molecule has 0 bridgehead atoms. The van der Waals surface area contributed by atoms with Crippen LogP contribution >= 0.6 is 0 Å². The fraction of sp³-hybridized carbons (Fsp3) is 0.474. The van der Waals surface area contributed by atoms with Crippen LogP contribution in [0.3, 0.4) is 0 Å². The van der Waals surface area contributed by atoms with Gasteiger partial charge < -0.3 is 14.4 Å². The Kier molecular flexibility index (Phi) is 4.79. The van der Waals surface area contributed by atoms with Crippen molar-refractivity contribution in [2.24, 2.45) is 0 Å². The molecule has 1 atom stereocenters. The van der Waals surface area contributed by atoms with Crippen molar-refractivity contribution in [3.05, 3.63) is 36.3 Å². The van der Waals surface area contributed by atoms with Crippen molar-refractivity contribution in [3.63, 3.8) is 0 Å². The lowest BCUT2D eigenvalue weighted by atomic mass is 10.1. The van der Waals surface area contributed by atoms with Crippen LogP contribution in [0, 0.1) is 5.82 Å². The fourth-order valence-electron chi connectivity index (χ4n) is 2.90. The lowest BCUT2D eigenvalue weighted by molar-refractivity contribution is 0.00793. The lowest BCUT2D eigenvalue weighted by Gasteiger charge is -2.34. The second-order valence-corrected chi connectivity index (χ2v) is 7.28. The van der Waals surface area contributed by atoms with Crippen LogP contribution in [0.2, 0.25) is 0 Å². The molecule has 0 N–H and O–H groups in total. The molecule has 1 saturated heterocycles. The van der Waals surface area contributed by atoms with Crippen molar-refractivity contribution in [1.82, 2.24) is 9.88 Å². The van der Waals surface area contributed by atoms with E-state index in [1.807, 2.05) is 20.8 Å². The number of ether oxygens (including phenoxy) is 2. The number of aromatic nitrogens is 1. The quantitative estimate of drug-likeness (QED) is 0.820. The van der Waals surface area contributed by atoms with E-state index in [2.05, 4.69) is 4.98 Å². The number of carbonyl (C=O) groups excluding carboxylic acids is 1. The second-order valence-electron chi connectivity index (χ2n) is 7.28. The summed E-state index contributed by atoms with van der Waals surface area (Å²) in [4.78, 5) is 18.2. The van der Waals surface area contributed by atoms with E-state index in [0.29, 0.717) is 29.7 Å². The van der Waals surface area contributed by atoms with Crippen molar-refractivity contribution in [2.75, 3.05) is 13.1 Å². The minimum absolute atomic E-state index is 0.157. The molecule has 0 radical (unpaired) electrons. The highest BCUT2D eigenvalue weighted by atomic mass is 19.1. The molecular weight excluding hydrogens is 323 g/mol. The first-order valence-electron chi connectivity index (χ1n) is 8.51. The Bertz CT molecular complexity index is 773. The summed E-state index contributed by atoms with van der Waals surface area (Å²) in [7, 11) is 0. The number of benzene rings is 1. The summed E-state index contributed by atoms with van der Waals surface area (Å²) >= 11 is 0. The number of halogens is 1. The molecule has 134 valence electrons. The molecule has 5 nitrogen and oxygen atoms in total. The highest BCUT2D eigenvalue weighted by Gasteiger charge is 2.28. The van der Waals surface area contributed by atoms with Gasteiger partial charge in [-0.1, -0.05) is 0 Å². The number of rotatable bonds is 2. The van der Waals surface area contributed by atoms with Gasteiger partial charge in [0.1, 0.15) is 23.3 Å². The normalized spacial score (nSPS) is 18.2. The molecule has 2 heterocycles. The van der Waals surface area contributed by atoms with Crippen molar-refractivity contribution < 1.29 is 18.7 Å². The van der Waals surface area contributed by atoms with Gasteiger partial charge in [-0.2, -0.15) is 0 Å². The number of pyridine rings is 1. The van der Waals surface area contributed by atoms with E-state index in [1.165, 1.54) is 12.1 Å². The van der Waals surface area contributed by atoms with Crippen LogP contribution < -0.4 is 4.74 Å². The summed E-state index contributed by atoms with van der Waals surface area (Å²) in [6.07, 6.45) is 2.82. The minimum atomic E-state index is -0.524. The van der Waals surface area contributed by atoms with E-state index < -0.39 is 5.60 Å². The molecule has 1 aromatic heterocycles. The molecule has 1 aromatic carbocycles. The van der Waals surface area contributed by atoms with Gasteiger partial charge in [0.15, 0.2) is 0 Å². The van der Waals surface area contributed by atoms with Gasteiger partial charge >= 0.3 is 6.09 Å². The Morgan fingerprint density at radius 3 is 2.88 bits per heavy atom. The highest BCUT2D eigenvalue weighted by molar-refractivity contribution is 5.84. The molecule has 0 unspecified atom stereocenters. The van der Waals surface area contributed by atoms with E-state index in [1.54, 1.807) is 23.2 Å². The maximum atomic E-state index is 13.6. The maximum Gasteiger partial charge on any atom is 0.410 e. The predicted molar refractivity (Wildman–Crippen MR) is 93.2 cm³/mol. The van der Waals surface area contributed by atoms with Gasteiger partial charge in [-0.3, -0.25) is 4.98 Å². The Balaban J connectivity index is 1.73.